The van der Waals surface area contributed by atoms with Crippen molar-refractivity contribution < 1.29 is 17.9 Å². The average Bonchev–Trinajstić information content (AvgIpc) is 2.59. The summed E-state index contributed by atoms with van der Waals surface area (Å²) in [4.78, 5) is 6.61. The lowest BCUT2D eigenvalue weighted by atomic mass is 10.1. The molecular formula is C20H33F3N4O. The second-order valence-electron chi connectivity index (χ2n) is 7.21. The summed E-state index contributed by atoms with van der Waals surface area (Å²) in [5.41, 5.74) is 1.65. The largest absolute Gasteiger partial charge is 0.411 e. The van der Waals surface area contributed by atoms with Crippen LogP contribution in [-0.2, 0) is 17.9 Å². The highest BCUT2D eigenvalue weighted by molar-refractivity contribution is 5.79. The highest BCUT2D eigenvalue weighted by Crippen LogP contribution is 2.16. The predicted octanol–water partition coefficient (Wildman–Crippen LogP) is 3.55. The Balaban J connectivity index is 2.45. The van der Waals surface area contributed by atoms with Crippen LogP contribution in [0.2, 0.25) is 0 Å². The number of hydrogen-bond donors (Lipinski definition) is 2. The van der Waals surface area contributed by atoms with Gasteiger partial charge in [-0.25, -0.2) is 0 Å². The Morgan fingerprint density at radius 1 is 1.11 bits per heavy atom. The molecule has 0 heterocycles. The van der Waals surface area contributed by atoms with Crippen LogP contribution in [0.4, 0.5) is 13.2 Å². The van der Waals surface area contributed by atoms with Crippen molar-refractivity contribution in [3.05, 3.63) is 35.4 Å². The number of alkyl halides is 3. The van der Waals surface area contributed by atoms with E-state index in [1.165, 1.54) is 0 Å². The molecule has 28 heavy (non-hydrogen) atoms. The fourth-order valence-electron chi connectivity index (χ4n) is 2.94. The molecule has 0 spiro atoms. The topological polar surface area (TPSA) is 48.9 Å². The minimum atomic E-state index is -4.31. The second kappa shape index (κ2) is 11.9. The summed E-state index contributed by atoms with van der Waals surface area (Å²) in [6.07, 6.45) is -4.31. The zero-order chi connectivity index (χ0) is 21.2. The molecule has 0 aliphatic heterocycles. The molecule has 0 radical (unpaired) electrons. The van der Waals surface area contributed by atoms with Crippen LogP contribution in [0.25, 0.3) is 0 Å². The van der Waals surface area contributed by atoms with E-state index in [4.69, 9.17) is 4.74 Å². The highest BCUT2D eigenvalue weighted by atomic mass is 19.4. The van der Waals surface area contributed by atoms with Crippen LogP contribution in [0.1, 0.15) is 38.8 Å². The van der Waals surface area contributed by atoms with E-state index in [2.05, 4.69) is 48.2 Å². The van der Waals surface area contributed by atoms with E-state index in [-0.39, 0.29) is 6.61 Å². The summed E-state index contributed by atoms with van der Waals surface area (Å²) >= 11 is 0. The van der Waals surface area contributed by atoms with Gasteiger partial charge in [0.15, 0.2) is 5.96 Å². The van der Waals surface area contributed by atoms with Crippen LogP contribution in [0.3, 0.4) is 0 Å². The second-order valence-corrected chi connectivity index (χ2v) is 7.21. The van der Waals surface area contributed by atoms with Crippen LogP contribution in [-0.4, -0.2) is 55.9 Å². The third-order valence-corrected chi connectivity index (χ3v) is 4.20. The number of nitrogens with one attached hydrogen (secondary N) is 2. The molecule has 0 amide bonds. The van der Waals surface area contributed by atoms with Crippen LogP contribution >= 0.6 is 0 Å². The van der Waals surface area contributed by atoms with Crippen molar-refractivity contribution in [3.8, 4) is 0 Å². The fourth-order valence-corrected chi connectivity index (χ4v) is 2.94. The Bertz CT molecular complexity index is 595. The van der Waals surface area contributed by atoms with E-state index >= 15 is 0 Å². The van der Waals surface area contributed by atoms with E-state index < -0.39 is 12.8 Å². The van der Waals surface area contributed by atoms with Crippen molar-refractivity contribution in [1.29, 1.82) is 0 Å². The normalized spacial score (nSPS) is 12.9. The molecule has 160 valence electrons. The lowest BCUT2D eigenvalue weighted by Crippen LogP contribution is -2.45. The quantitative estimate of drug-likeness (QED) is 0.464. The molecule has 0 saturated carbocycles. The van der Waals surface area contributed by atoms with Crippen molar-refractivity contribution >= 4 is 5.96 Å². The van der Waals surface area contributed by atoms with Crippen LogP contribution < -0.4 is 10.6 Å². The summed E-state index contributed by atoms with van der Waals surface area (Å²) in [5.74, 6) is 0.686. The van der Waals surface area contributed by atoms with Gasteiger partial charge < -0.3 is 15.4 Å². The molecule has 0 saturated heterocycles. The maximum absolute atomic E-state index is 12.2. The Hall–Kier alpha value is -1.80. The van der Waals surface area contributed by atoms with Gasteiger partial charge in [0.2, 0.25) is 0 Å². The van der Waals surface area contributed by atoms with Crippen LogP contribution in [0.15, 0.2) is 29.3 Å². The average molecular weight is 403 g/mol. The van der Waals surface area contributed by atoms with E-state index in [0.717, 1.165) is 18.7 Å². The summed E-state index contributed by atoms with van der Waals surface area (Å²) in [6.45, 7) is 9.60. The molecule has 0 aromatic heterocycles. The third-order valence-electron chi connectivity index (χ3n) is 4.20. The molecule has 5 nitrogen and oxygen atoms in total. The monoisotopic (exact) mass is 402 g/mol. The molecule has 1 aromatic carbocycles. The highest BCUT2D eigenvalue weighted by Gasteiger charge is 2.27. The summed E-state index contributed by atoms with van der Waals surface area (Å²) < 4.78 is 41.2. The van der Waals surface area contributed by atoms with Gasteiger partial charge in [-0.2, -0.15) is 13.2 Å². The number of benzene rings is 1. The zero-order valence-electron chi connectivity index (χ0n) is 17.4. The minimum absolute atomic E-state index is 0.0689. The lowest BCUT2D eigenvalue weighted by molar-refractivity contribution is -0.176. The van der Waals surface area contributed by atoms with Gasteiger partial charge in [0.05, 0.1) is 6.61 Å². The van der Waals surface area contributed by atoms with Crippen molar-refractivity contribution in [3.63, 3.8) is 0 Å². The molecule has 0 fully saturated rings. The van der Waals surface area contributed by atoms with Crippen LogP contribution in [0, 0.1) is 0 Å². The first-order chi connectivity index (χ1) is 13.1. The van der Waals surface area contributed by atoms with Crippen molar-refractivity contribution in [1.82, 2.24) is 15.5 Å². The van der Waals surface area contributed by atoms with Crippen molar-refractivity contribution in [2.24, 2.45) is 4.99 Å². The smallest absolute Gasteiger partial charge is 0.367 e. The number of rotatable bonds is 10. The number of halogens is 3. The molecule has 1 rings (SSSR count). The van der Waals surface area contributed by atoms with Crippen molar-refractivity contribution in [2.45, 2.75) is 59.1 Å². The molecular weight excluding hydrogens is 369 g/mol. The standard InChI is InChI=1S/C20H33F3N4O/c1-15(2)27(16(3)4)10-9-25-19(24-5)26-12-17-7-6-8-18(11-17)13-28-14-20(21,22)23/h6-8,11,15-16H,9-10,12-14H2,1-5H3,(H2,24,25,26). The SMILES string of the molecule is CN=C(NCCN(C(C)C)C(C)C)NCc1cccc(COCC(F)(F)F)c1. The predicted molar refractivity (Wildman–Crippen MR) is 107 cm³/mol. The Morgan fingerprint density at radius 3 is 2.32 bits per heavy atom. The van der Waals surface area contributed by atoms with Gasteiger partial charge in [-0.1, -0.05) is 24.3 Å². The van der Waals surface area contributed by atoms with Crippen LogP contribution in [0.5, 0.6) is 0 Å². The van der Waals surface area contributed by atoms with Gasteiger partial charge in [0.1, 0.15) is 6.61 Å². The summed E-state index contributed by atoms with van der Waals surface area (Å²) in [6, 6.07) is 8.24. The van der Waals surface area contributed by atoms with Gasteiger partial charge in [-0.15, -0.1) is 0 Å². The third kappa shape index (κ3) is 9.94. The Kier molecular flexibility index (Phi) is 10.3. The maximum atomic E-state index is 12.2. The Labute approximate surface area is 166 Å². The molecule has 2 N–H and O–H groups in total. The van der Waals surface area contributed by atoms with Gasteiger partial charge in [-0.3, -0.25) is 9.89 Å². The molecule has 1 aromatic rings. The molecule has 0 atom stereocenters. The summed E-state index contributed by atoms with van der Waals surface area (Å²) in [7, 11) is 1.71. The van der Waals surface area contributed by atoms with E-state index in [1.54, 1.807) is 13.1 Å². The lowest BCUT2D eigenvalue weighted by Gasteiger charge is -2.30. The fraction of sp³-hybridized carbons (Fsp3) is 0.650. The number of ether oxygens (including phenoxy) is 1. The van der Waals surface area contributed by atoms with Gasteiger partial charge in [0, 0.05) is 38.8 Å². The first kappa shape index (κ1) is 24.2. The number of hydrogen-bond acceptors (Lipinski definition) is 3. The number of nitrogens with zero attached hydrogens (tertiary/aromatic N) is 2. The van der Waals surface area contributed by atoms with E-state index in [9.17, 15) is 13.2 Å². The molecule has 0 aliphatic carbocycles. The first-order valence-corrected chi connectivity index (χ1v) is 9.55. The minimum Gasteiger partial charge on any atom is -0.367 e. The van der Waals surface area contributed by atoms with E-state index in [0.29, 0.717) is 30.2 Å². The number of aliphatic imine (C=N–C) groups is 1. The molecule has 0 unspecified atom stereocenters. The van der Waals surface area contributed by atoms with Gasteiger partial charge >= 0.3 is 6.18 Å². The molecule has 0 bridgehead atoms. The maximum Gasteiger partial charge on any atom is 0.411 e. The zero-order valence-corrected chi connectivity index (χ0v) is 17.4. The summed E-state index contributed by atoms with van der Waals surface area (Å²) in [5, 5.41) is 6.52. The van der Waals surface area contributed by atoms with Gasteiger partial charge in [-0.05, 0) is 38.8 Å². The number of guanidine groups is 1. The molecule has 0 aliphatic rings. The van der Waals surface area contributed by atoms with E-state index in [1.807, 2.05) is 18.2 Å². The first-order valence-electron chi connectivity index (χ1n) is 9.55. The van der Waals surface area contributed by atoms with Crippen molar-refractivity contribution in [2.75, 3.05) is 26.7 Å². The molecule has 8 heteroatoms. The Morgan fingerprint density at radius 2 is 1.75 bits per heavy atom. The van der Waals surface area contributed by atoms with Gasteiger partial charge in [0.25, 0.3) is 0 Å².